The van der Waals surface area contributed by atoms with Crippen molar-refractivity contribution in [3.63, 3.8) is 0 Å². The zero-order valence-corrected chi connectivity index (χ0v) is 14.4. The highest BCUT2D eigenvalue weighted by atomic mass is 79.9. The first kappa shape index (κ1) is 17.9. The van der Waals surface area contributed by atoms with Crippen LogP contribution in [0.2, 0.25) is 0 Å². The van der Waals surface area contributed by atoms with Crippen LogP contribution in [0.4, 0.5) is 10.1 Å². The van der Waals surface area contributed by atoms with Crippen LogP contribution in [0.15, 0.2) is 46.9 Å². The van der Waals surface area contributed by atoms with Crippen molar-refractivity contribution >= 4 is 33.5 Å². The highest BCUT2D eigenvalue weighted by Gasteiger charge is 2.14. The van der Waals surface area contributed by atoms with Crippen molar-refractivity contribution in [1.29, 1.82) is 0 Å². The maximum Gasteiger partial charge on any atom is 0.339 e. The van der Waals surface area contributed by atoms with Crippen molar-refractivity contribution in [3.8, 4) is 5.75 Å². The Labute approximate surface area is 146 Å². The van der Waals surface area contributed by atoms with Gasteiger partial charge in [0.2, 0.25) is 0 Å². The molecule has 0 atom stereocenters. The molecule has 0 heterocycles. The van der Waals surface area contributed by atoms with E-state index in [-0.39, 0.29) is 5.56 Å². The number of anilines is 1. The number of rotatable bonds is 6. The van der Waals surface area contributed by atoms with Gasteiger partial charge in [0.1, 0.15) is 11.6 Å². The van der Waals surface area contributed by atoms with Gasteiger partial charge < -0.3 is 14.8 Å². The summed E-state index contributed by atoms with van der Waals surface area (Å²) in [6, 6.07) is 10.4. The molecule has 7 heteroatoms. The minimum atomic E-state index is -0.789. The van der Waals surface area contributed by atoms with Crippen molar-refractivity contribution in [2.75, 3.05) is 18.5 Å². The van der Waals surface area contributed by atoms with Crippen LogP contribution in [0.3, 0.4) is 0 Å². The van der Waals surface area contributed by atoms with Crippen molar-refractivity contribution in [2.45, 2.75) is 6.92 Å². The van der Waals surface area contributed by atoms with Crippen LogP contribution in [-0.2, 0) is 9.53 Å². The fraction of sp³-hybridized carbons (Fsp3) is 0.176. The van der Waals surface area contributed by atoms with E-state index in [1.54, 1.807) is 24.3 Å². The third kappa shape index (κ3) is 5.06. The lowest BCUT2D eigenvalue weighted by atomic mass is 10.2. The van der Waals surface area contributed by atoms with Crippen LogP contribution in [0.5, 0.6) is 5.75 Å². The first-order valence-corrected chi connectivity index (χ1v) is 7.93. The van der Waals surface area contributed by atoms with Gasteiger partial charge in [0.05, 0.1) is 12.2 Å². The number of carbonyl (C=O) groups excluding carboxylic acids is 2. The fourth-order valence-corrected chi connectivity index (χ4v) is 2.27. The third-order valence-corrected chi connectivity index (χ3v) is 3.62. The van der Waals surface area contributed by atoms with E-state index in [1.807, 2.05) is 6.92 Å². The number of esters is 1. The van der Waals surface area contributed by atoms with E-state index in [1.165, 1.54) is 12.1 Å². The summed E-state index contributed by atoms with van der Waals surface area (Å²) >= 11 is 3.13. The Morgan fingerprint density at radius 3 is 2.54 bits per heavy atom. The number of nitrogens with one attached hydrogen (secondary N) is 1. The molecule has 0 saturated carbocycles. The van der Waals surface area contributed by atoms with Crippen LogP contribution in [-0.4, -0.2) is 25.1 Å². The predicted octanol–water partition coefficient (Wildman–Crippen LogP) is 3.78. The average Bonchev–Trinajstić information content (AvgIpc) is 2.57. The molecule has 2 aromatic rings. The summed E-state index contributed by atoms with van der Waals surface area (Å²) in [4.78, 5) is 23.7. The molecule has 2 aromatic carbocycles. The molecular formula is C17H15BrFNO4. The normalized spacial score (nSPS) is 10.1. The van der Waals surface area contributed by atoms with Crippen LogP contribution >= 0.6 is 15.9 Å². The third-order valence-electron chi connectivity index (χ3n) is 2.93. The number of ether oxygens (including phenoxy) is 2. The second-order valence-corrected chi connectivity index (χ2v) is 5.56. The number of hydrogen-bond acceptors (Lipinski definition) is 4. The summed E-state index contributed by atoms with van der Waals surface area (Å²) in [6.45, 7) is 1.95. The molecule has 0 bridgehead atoms. The molecule has 0 unspecified atom stereocenters. The lowest BCUT2D eigenvalue weighted by Gasteiger charge is -2.08. The SMILES string of the molecule is CCOc1ccc(NC(=O)COC(=O)c2cc(F)ccc2Br)cc1. The highest BCUT2D eigenvalue weighted by molar-refractivity contribution is 9.10. The van der Waals surface area contributed by atoms with Crippen molar-refractivity contribution in [3.05, 3.63) is 58.3 Å². The summed E-state index contributed by atoms with van der Waals surface area (Å²) in [5, 5.41) is 2.59. The van der Waals surface area contributed by atoms with Gasteiger partial charge in [-0.1, -0.05) is 0 Å². The summed E-state index contributed by atoms with van der Waals surface area (Å²) in [5.41, 5.74) is 0.565. The molecule has 0 saturated heterocycles. The zero-order chi connectivity index (χ0) is 17.5. The molecule has 0 radical (unpaired) electrons. The van der Waals surface area contributed by atoms with Crippen molar-refractivity contribution in [2.24, 2.45) is 0 Å². The maximum atomic E-state index is 13.2. The second-order valence-electron chi connectivity index (χ2n) is 4.71. The Morgan fingerprint density at radius 2 is 1.88 bits per heavy atom. The number of halogens is 2. The van der Waals surface area contributed by atoms with Gasteiger partial charge in [-0.15, -0.1) is 0 Å². The van der Waals surface area contributed by atoms with Crippen molar-refractivity contribution < 1.29 is 23.5 Å². The highest BCUT2D eigenvalue weighted by Crippen LogP contribution is 2.19. The van der Waals surface area contributed by atoms with Gasteiger partial charge in [0.15, 0.2) is 6.61 Å². The standard InChI is InChI=1S/C17H15BrFNO4/c1-2-23-13-6-4-12(5-7-13)20-16(21)10-24-17(22)14-9-11(19)3-8-15(14)18/h3-9H,2,10H2,1H3,(H,20,21). The first-order valence-electron chi connectivity index (χ1n) is 7.14. The predicted molar refractivity (Wildman–Crippen MR) is 90.6 cm³/mol. The Balaban J connectivity index is 1.88. The molecular weight excluding hydrogens is 381 g/mol. The van der Waals surface area contributed by atoms with Gasteiger partial charge in [0.25, 0.3) is 5.91 Å². The van der Waals surface area contributed by atoms with Crippen LogP contribution in [0, 0.1) is 5.82 Å². The van der Waals surface area contributed by atoms with Crippen LogP contribution in [0.25, 0.3) is 0 Å². The maximum absolute atomic E-state index is 13.2. The average molecular weight is 396 g/mol. The molecule has 5 nitrogen and oxygen atoms in total. The summed E-state index contributed by atoms with van der Waals surface area (Å²) in [5.74, 6) is -1.16. The summed E-state index contributed by atoms with van der Waals surface area (Å²) < 4.78 is 23.7. The molecule has 0 aliphatic carbocycles. The molecule has 0 aliphatic heterocycles. The monoisotopic (exact) mass is 395 g/mol. The Bertz CT molecular complexity index is 734. The molecule has 1 amide bonds. The minimum Gasteiger partial charge on any atom is -0.494 e. The van der Waals surface area contributed by atoms with E-state index in [2.05, 4.69) is 21.2 Å². The van der Waals surface area contributed by atoms with Crippen LogP contribution in [0.1, 0.15) is 17.3 Å². The molecule has 0 aromatic heterocycles. The van der Waals surface area contributed by atoms with Gasteiger partial charge in [-0.2, -0.15) is 0 Å². The van der Waals surface area contributed by atoms with E-state index in [0.29, 0.717) is 22.5 Å². The number of benzene rings is 2. The van der Waals surface area contributed by atoms with E-state index in [9.17, 15) is 14.0 Å². The van der Waals surface area contributed by atoms with Gasteiger partial charge in [0, 0.05) is 10.2 Å². The van der Waals surface area contributed by atoms with E-state index >= 15 is 0 Å². The molecule has 0 aliphatic rings. The topological polar surface area (TPSA) is 64.6 Å². The fourth-order valence-electron chi connectivity index (χ4n) is 1.86. The Hall–Kier alpha value is -2.41. The summed E-state index contributed by atoms with van der Waals surface area (Å²) in [7, 11) is 0. The molecule has 24 heavy (non-hydrogen) atoms. The molecule has 2 rings (SSSR count). The quantitative estimate of drug-likeness (QED) is 0.755. The van der Waals surface area contributed by atoms with Gasteiger partial charge in [-0.3, -0.25) is 4.79 Å². The van der Waals surface area contributed by atoms with E-state index in [0.717, 1.165) is 6.07 Å². The lowest BCUT2D eigenvalue weighted by molar-refractivity contribution is -0.119. The van der Waals surface area contributed by atoms with Gasteiger partial charge in [-0.05, 0) is 65.3 Å². The smallest absolute Gasteiger partial charge is 0.339 e. The number of amides is 1. The largest absolute Gasteiger partial charge is 0.494 e. The first-order chi connectivity index (χ1) is 11.5. The van der Waals surface area contributed by atoms with Crippen LogP contribution < -0.4 is 10.1 Å². The summed E-state index contributed by atoms with van der Waals surface area (Å²) in [6.07, 6.45) is 0. The molecule has 0 spiro atoms. The molecule has 126 valence electrons. The van der Waals surface area contributed by atoms with E-state index in [4.69, 9.17) is 9.47 Å². The second kappa shape index (κ2) is 8.44. The Kier molecular flexibility index (Phi) is 6.31. The Morgan fingerprint density at radius 1 is 1.17 bits per heavy atom. The number of carbonyl (C=O) groups is 2. The van der Waals surface area contributed by atoms with E-state index < -0.39 is 24.3 Å². The zero-order valence-electron chi connectivity index (χ0n) is 12.8. The minimum absolute atomic E-state index is 0.0175. The lowest BCUT2D eigenvalue weighted by Crippen LogP contribution is -2.21. The molecule has 0 fully saturated rings. The van der Waals surface area contributed by atoms with Crippen molar-refractivity contribution in [1.82, 2.24) is 0 Å². The number of hydrogen-bond donors (Lipinski definition) is 1. The van der Waals surface area contributed by atoms with Gasteiger partial charge >= 0.3 is 5.97 Å². The van der Waals surface area contributed by atoms with Gasteiger partial charge in [-0.25, -0.2) is 9.18 Å². The molecule has 1 N–H and O–H groups in total.